The van der Waals surface area contributed by atoms with E-state index in [1.807, 2.05) is 11.5 Å². The zero-order valence-corrected chi connectivity index (χ0v) is 21.7. The van der Waals surface area contributed by atoms with Crippen molar-refractivity contribution in [1.29, 1.82) is 0 Å². The molecule has 0 atom stereocenters. The van der Waals surface area contributed by atoms with Gasteiger partial charge in [0.15, 0.2) is 4.80 Å². The molecular formula is C25H31N3O4S2. The van der Waals surface area contributed by atoms with E-state index in [1.54, 1.807) is 31.4 Å². The summed E-state index contributed by atoms with van der Waals surface area (Å²) in [5.41, 5.74) is 4.46. The van der Waals surface area contributed by atoms with E-state index in [1.165, 1.54) is 26.8 Å². The molecule has 0 aliphatic carbocycles. The van der Waals surface area contributed by atoms with Gasteiger partial charge in [0, 0.05) is 32.7 Å². The van der Waals surface area contributed by atoms with E-state index in [0.29, 0.717) is 48.8 Å². The first-order valence-corrected chi connectivity index (χ1v) is 13.7. The van der Waals surface area contributed by atoms with E-state index in [2.05, 4.69) is 31.0 Å². The van der Waals surface area contributed by atoms with Crippen molar-refractivity contribution in [2.45, 2.75) is 45.1 Å². The number of aromatic nitrogens is 1. The Bertz CT molecular complexity index is 1360. The topological polar surface area (TPSA) is 81.0 Å². The van der Waals surface area contributed by atoms with Gasteiger partial charge < -0.3 is 9.30 Å². The maximum atomic E-state index is 13.1. The molecule has 2 aromatic carbocycles. The number of methoxy groups -OCH3 is 1. The number of rotatable bonds is 6. The number of carbonyl (C=O) groups excluding carboxylic acids is 1. The first-order chi connectivity index (χ1) is 16.2. The van der Waals surface area contributed by atoms with Crippen LogP contribution in [0.2, 0.25) is 0 Å². The number of aryl methyl sites for hydroxylation is 3. The molecule has 34 heavy (non-hydrogen) atoms. The van der Waals surface area contributed by atoms with Gasteiger partial charge in [-0.05, 0) is 69.0 Å². The van der Waals surface area contributed by atoms with Crippen molar-refractivity contribution in [2.75, 3.05) is 26.8 Å². The Morgan fingerprint density at radius 3 is 2.38 bits per heavy atom. The molecule has 1 aliphatic heterocycles. The van der Waals surface area contributed by atoms with Gasteiger partial charge in [-0.3, -0.25) is 4.79 Å². The van der Waals surface area contributed by atoms with Crippen LogP contribution in [0.25, 0.3) is 10.2 Å². The second-order valence-electron chi connectivity index (χ2n) is 8.87. The maximum absolute atomic E-state index is 13.1. The number of amides is 1. The van der Waals surface area contributed by atoms with Crippen LogP contribution in [0.5, 0.6) is 0 Å². The first-order valence-electron chi connectivity index (χ1n) is 11.5. The lowest BCUT2D eigenvalue weighted by Gasteiger charge is -2.29. The molecule has 0 bridgehead atoms. The summed E-state index contributed by atoms with van der Waals surface area (Å²) in [6.07, 6.45) is 0.934. The van der Waals surface area contributed by atoms with Gasteiger partial charge in [0.05, 0.1) is 21.7 Å². The second kappa shape index (κ2) is 10.1. The van der Waals surface area contributed by atoms with Gasteiger partial charge in [-0.1, -0.05) is 29.0 Å². The molecule has 182 valence electrons. The molecule has 1 aromatic heterocycles. The lowest BCUT2D eigenvalue weighted by molar-refractivity contribution is -0.122. The molecule has 9 heteroatoms. The number of sulfonamides is 1. The number of fused-ring (bicyclic) bond motifs is 1. The highest BCUT2D eigenvalue weighted by atomic mass is 32.2. The maximum Gasteiger partial charge on any atom is 0.251 e. The average Bonchev–Trinajstić information content (AvgIpc) is 3.13. The van der Waals surface area contributed by atoms with Gasteiger partial charge in [0.1, 0.15) is 0 Å². The Hall–Kier alpha value is -2.33. The van der Waals surface area contributed by atoms with E-state index < -0.39 is 10.0 Å². The predicted octanol–water partition coefficient (Wildman–Crippen LogP) is 3.80. The Morgan fingerprint density at radius 1 is 1.09 bits per heavy atom. The van der Waals surface area contributed by atoms with Crippen LogP contribution >= 0.6 is 11.3 Å². The minimum atomic E-state index is -3.55. The van der Waals surface area contributed by atoms with Crippen molar-refractivity contribution in [3.63, 3.8) is 0 Å². The summed E-state index contributed by atoms with van der Waals surface area (Å²) in [5, 5.41) is 0. The number of carbonyl (C=O) groups is 1. The zero-order valence-electron chi connectivity index (χ0n) is 20.1. The smallest absolute Gasteiger partial charge is 0.251 e. The molecule has 2 heterocycles. The first kappa shape index (κ1) is 24.8. The number of ether oxygens (including phenoxy) is 1. The fourth-order valence-electron chi connectivity index (χ4n) is 4.19. The minimum Gasteiger partial charge on any atom is -0.383 e. The molecule has 1 amide bonds. The van der Waals surface area contributed by atoms with Crippen LogP contribution in [-0.2, 0) is 26.1 Å². The van der Waals surface area contributed by atoms with Gasteiger partial charge in [0.25, 0.3) is 5.91 Å². The summed E-state index contributed by atoms with van der Waals surface area (Å²) in [6.45, 7) is 7.85. The van der Waals surface area contributed by atoms with Crippen LogP contribution in [0.4, 0.5) is 0 Å². The summed E-state index contributed by atoms with van der Waals surface area (Å²) in [5.74, 6) is -0.465. The third kappa shape index (κ3) is 5.02. The van der Waals surface area contributed by atoms with Crippen LogP contribution in [-0.4, -0.2) is 50.0 Å². The quantitative estimate of drug-likeness (QED) is 0.515. The highest BCUT2D eigenvalue weighted by Gasteiger charge is 2.32. The number of benzene rings is 2. The average molecular weight is 502 g/mol. The Kier molecular flexibility index (Phi) is 7.37. The molecule has 0 saturated carbocycles. The molecule has 1 aliphatic rings. The fourth-order valence-corrected chi connectivity index (χ4v) is 6.80. The Balaban J connectivity index is 1.54. The van der Waals surface area contributed by atoms with Crippen molar-refractivity contribution in [3.8, 4) is 0 Å². The Morgan fingerprint density at radius 2 is 1.74 bits per heavy atom. The number of hydrogen-bond acceptors (Lipinski definition) is 5. The van der Waals surface area contributed by atoms with Crippen molar-refractivity contribution in [1.82, 2.24) is 8.87 Å². The molecule has 1 saturated heterocycles. The third-order valence-electron chi connectivity index (χ3n) is 6.49. The van der Waals surface area contributed by atoms with E-state index in [4.69, 9.17) is 4.74 Å². The SMILES string of the molecule is COCCn1c(=NC(=O)C2CCN(S(=O)(=O)c3ccc(C)cc3)CC2)sc2cc(C)c(C)cc21. The summed E-state index contributed by atoms with van der Waals surface area (Å²) >= 11 is 1.51. The van der Waals surface area contributed by atoms with E-state index >= 15 is 0 Å². The van der Waals surface area contributed by atoms with Gasteiger partial charge in [-0.25, -0.2) is 8.42 Å². The van der Waals surface area contributed by atoms with E-state index in [9.17, 15) is 13.2 Å². The normalized spacial score (nSPS) is 16.4. The molecule has 7 nitrogen and oxygen atoms in total. The van der Waals surface area contributed by atoms with Gasteiger partial charge >= 0.3 is 0 Å². The van der Waals surface area contributed by atoms with Crippen LogP contribution < -0.4 is 4.80 Å². The Labute approximate surface area is 204 Å². The summed E-state index contributed by atoms with van der Waals surface area (Å²) in [6, 6.07) is 11.1. The summed E-state index contributed by atoms with van der Waals surface area (Å²) in [7, 11) is -1.90. The van der Waals surface area contributed by atoms with Gasteiger partial charge in [-0.15, -0.1) is 0 Å². The van der Waals surface area contributed by atoms with Crippen LogP contribution in [0.15, 0.2) is 46.3 Å². The van der Waals surface area contributed by atoms with Crippen molar-refractivity contribution >= 4 is 37.5 Å². The second-order valence-corrected chi connectivity index (χ2v) is 11.8. The molecule has 0 radical (unpaired) electrons. The largest absolute Gasteiger partial charge is 0.383 e. The van der Waals surface area contributed by atoms with E-state index in [-0.39, 0.29) is 11.8 Å². The molecule has 3 aromatic rings. The number of thiazole rings is 1. The van der Waals surface area contributed by atoms with Crippen molar-refractivity contribution < 1.29 is 17.9 Å². The molecule has 0 unspecified atom stereocenters. The predicted molar refractivity (Wildman–Crippen MR) is 134 cm³/mol. The monoisotopic (exact) mass is 501 g/mol. The molecule has 0 spiro atoms. The van der Waals surface area contributed by atoms with Crippen LogP contribution in [0.3, 0.4) is 0 Å². The lowest BCUT2D eigenvalue weighted by atomic mass is 9.98. The van der Waals surface area contributed by atoms with E-state index in [0.717, 1.165) is 15.8 Å². The summed E-state index contributed by atoms with van der Waals surface area (Å²) in [4.78, 5) is 18.6. The summed E-state index contributed by atoms with van der Waals surface area (Å²) < 4.78 is 35.8. The minimum absolute atomic E-state index is 0.182. The lowest BCUT2D eigenvalue weighted by Crippen LogP contribution is -2.40. The molecule has 1 fully saturated rings. The zero-order chi connectivity index (χ0) is 24.5. The van der Waals surface area contributed by atoms with Crippen LogP contribution in [0.1, 0.15) is 29.5 Å². The fraction of sp³-hybridized carbons (Fsp3) is 0.440. The van der Waals surface area contributed by atoms with Crippen molar-refractivity contribution in [2.24, 2.45) is 10.9 Å². The van der Waals surface area contributed by atoms with Crippen molar-refractivity contribution in [3.05, 3.63) is 57.9 Å². The van der Waals surface area contributed by atoms with Crippen LogP contribution in [0, 0.1) is 26.7 Å². The standard InChI is InChI=1S/C25H31N3O4S2/c1-17-5-7-21(8-6-17)34(30,31)27-11-9-20(10-12-27)24(29)26-25-28(13-14-32-4)22-15-18(2)19(3)16-23(22)33-25/h5-8,15-16,20H,9-14H2,1-4H3. The van der Waals surface area contributed by atoms with Gasteiger partial charge in [0.2, 0.25) is 10.0 Å². The number of nitrogens with zero attached hydrogens (tertiary/aromatic N) is 3. The molecule has 0 N–H and O–H groups in total. The highest BCUT2D eigenvalue weighted by molar-refractivity contribution is 7.89. The van der Waals surface area contributed by atoms with Gasteiger partial charge in [-0.2, -0.15) is 9.30 Å². The highest BCUT2D eigenvalue weighted by Crippen LogP contribution is 2.26. The number of piperidine rings is 1. The molecule has 4 rings (SSSR count). The molecular weight excluding hydrogens is 470 g/mol. The number of hydrogen-bond donors (Lipinski definition) is 0. The third-order valence-corrected chi connectivity index (χ3v) is 9.44.